The fourth-order valence-corrected chi connectivity index (χ4v) is 11.8. The number of aliphatic hydroxyl groups excluding tert-OH is 2. The second-order valence-corrected chi connectivity index (χ2v) is 29.1. The van der Waals surface area contributed by atoms with Crippen LogP contribution in [0.3, 0.4) is 0 Å². The van der Waals surface area contributed by atoms with E-state index < -0.39 is 18.0 Å². The smallest absolute Gasteiger partial charge is 0.167 e. The van der Waals surface area contributed by atoms with Gasteiger partial charge in [0, 0.05) is 25.9 Å². The summed E-state index contributed by atoms with van der Waals surface area (Å²) in [5.41, 5.74) is 1.32. The molecule has 4 atom stereocenters. The Labute approximate surface area is 610 Å². The molecule has 568 valence electrons. The van der Waals surface area contributed by atoms with E-state index in [1.807, 2.05) is 37.2 Å². The van der Waals surface area contributed by atoms with Gasteiger partial charge >= 0.3 is 0 Å². The Kier molecular flexibility index (Phi) is 76.6. The highest BCUT2D eigenvalue weighted by atomic mass is 16.8. The van der Waals surface area contributed by atoms with Crippen LogP contribution in [0.5, 0.6) is 0 Å². The summed E-state index contributed by atoms with van der Waals surface area (Å²) in [7, 11) is 8.20. The van der Waals surface area contributed by atoms with Crippen LogP contribution in [0.2, 0.25) is 0 Å². The molecule has 1 aromatic rings. The van der Waals surface area contributed by atoms with Gasteiger partial charge in [0.25, 0.3) is 0 Å². The highest BCUT2D eigenvalue weighted by molar-refractivity contribution is 5.75. The molecule has 98 heavy (non-hydrogen) atoms. The Morgan fingerprint density at radius 2 is 0.663 bits per heavy atom. The summed E-state index contributed by atoms with van der Waals surface area (Å²) in [5, 5.41) is 20.5. The van der Waals surface area contributed by atoms with Gasteiger partial charge in [0.05, 0.1) is 24.4 Å². The predicted molar refractivity (Wildman–Crippen MR) is 436 cm³/mol. The lowest BCUT2D eigenvalue weighted by atomic mass is 9.99. The number of aliphatic hydroxyl groups is 2. The first kappa shape index (κ1) is 96.6. The van der Waals surface area contributed by atoms with Gasteiger partial charge in [-0.05, 0) is 203 Å². The molecule has 0 bridgehead atoms. The first-order valence-electron chi connectivity index (χ1n) is 41.5. The molecule has 0 amide bonds. The van der Waals surface area contributed by atoms with Gasteiger partial charge in [-0.2, -0.15) is 0 Å². The molecule has 1 fully saturated rings. The van der Waals surface area contributed by atoms with Gasteiger partial charge in [-0.1, -0.05) is 315 Å². The summed E-state index contributed by atoms with van der Waals surface area (Å²) in [6.07, 6.45) is 97.2. The van der Waals surface area contributed by atoms with Crippen LogP contribution >= 0.6 is 0 Å². The van der Waals surface area contributed by atoms with Gasteiger partial charge in [0.1, 0.15) is 5.78 Å². The van der Waals surface area contributed by atoms with Crippen molar-refractivity contribution in [2.24, 2.45) is 0 Å². The molecule has 1 aliphatic rings. The normalized spacial score (nSPS) is 16.5. The standard InChI is InChI=1S/C42H77NO2.C36H66O2.C7H8.C6H13NO/c1-6-8-10-12-14-16-18-20-22-24-26-28-30-32-34-36-40-41(45-42(3,44-40)38-39-43(4)5)37-35-33-31-29-27-25-23-21-19-17-15-13-11-9-7-2;1-3-5-7-9-11-13-15-17-19-21-23-25-27-29-31-33-35(37)36(38)34-32-30-28-26-24-22-20-18-16-14-12-10-8-6-4-2;1-7-5-3-2-4-6-7;1-6(8)4-5-7(2)3/h14-17,20-23,40-41H,6-13,18-19,24-39H2,1-5H3;11-14,17-20,35-38H,3-10,15-16,21-34H2,1-2H3;2-6H,1H3;4-5H2,1-3H3/b16-14-,17-15-,22-20-,23-21-;13-11-,14-12-,19-17-,20-18-;;. The van der Waals surface area contributed by atoms with Crippen molar-refractivity contribution in [1.29, 1.82) is 0 Å². The number of allylic oxidation sites excluding steroid dienone is 16. The summed E-state index contributed by atoms with van der Waals surface area (Å²) in [5.74, 6) is -0.160. The van der Waals surface area contributed by atoms with Crippen molar-refractivity contribution in [3.8, 4) is 0 Å². The second-order valence-electron chi connectivity index (χ2n) is 29.1. The Hall–Kier alpha value is -3.43. The number of ketones is 1. The van der Waals surface area contributed by atoms with E-state index in [1.165, 1.54) is 237 Å². The third kappa shape index (κ3) is 75.2. The number of hydrogen-bond donors (Lipinski definition) is 2. The van der Waals surface area contributed by atoms with E-state index in [4.69, 9.17) is 9.47 Å². The average molecular weight is 1370 g/mol. The molecule has 0 saturated carbocycles. The van der Waals surface area contributed by atoms with Crippen LogP contribution in [0.25, 0.3) is 0 Å². The van der Waals surface area contributed by atoms with Crippen molar-refractivity contribution in [2.45, 2.75) is 400 Å². The zero-order valence-electron chi connectivity index (χ0n) is 66.7. The largest absolute Gasteiger partial charge is 0.390 e. The molecule has 1 aliphatic heterocycles. The monoisotopic (exact) mass is 1370 g/mol. The number of nitrogens with zero attached hydrogens (tertiary/aromatic N) is 2. The van der Waals surface area contributed by atoms with Crippen molar-refractivity contribution in [1.82, 2.24) is 9.80 Å². The number of hydrogen-bond acceptors (Lipinski definition) is 7. The molecule has 0 radical (unpaired) electrons. The third-order valence-corrected chi connectivity index (χ3v) is 18.3. The number of ether oxygens (including phenoxy) is 2. The molecular formula is C91H164N2O5. The zero-order valence-corrected chi connectivity index (χ0v) is 66.7. The predicted octanol–water partition coefficient (Wildman–Crippen LogP) is 26.9. The molecule has 1 aromatic carbocycles. The minimum Gasteiger partial charge on any atom is -0.390 e. The number of unbranched alkanes of at least 4 members (excludes halogenated alkanes) is 32. The Bertz CT molecular complexity index is 1910. The van der Waals surface area contributed by atoms with E-state index in [0.717, 1.165) is 96.6 Å². The molecule has 1 saturated heterocycles. The maximum atomic E-state index is 10.3. The number of carbonyl (C=O) groups excluding carboxylic acids is 1. The third-order valence-electron chi connectivity index (χ3n) is 18.3. The van der Waals surface area contributed by atoms with Crippen LogP contribution in [-0.2, 0) is 14.3 Å². The highest BCUT2D eigenvalue weighted by Crippen LogP contribution is 2.36. The number of rotatable bonds is 63. The number of aryl methyl sites for hydroxylation is 1. The molecule has 4 unspecified atom stereocenters. The fourth-order valence-electron chi connectivity index (χ4n) is 11.8. The second kappa shape index (κ2) is 77.7. The van der Waals surface area contributed by atoms with E-state index >= 15 is 0 Å². The molecule has 0 aliphatic carbocycles. The van der Waals surface area contributed by atoms with Crippen LogP contribution in [-0.4, -0.2) is 97.3 Å². The number of Topliss-reactive ketones (excluding diaryl/α,β-unsaturated/α-hetero) is 1. The number of carbonyl (C=O) groups is 1. The molecular weight excluding hydrogens is 1200 g/mol. The van der Waals surface area contributed by atoms with Crippen LogP contribution in [0.1, 0.15) is 368 Å². The molecule has 0 spiro atoms. The Morgan fingerprint density at radius 1 is 0.398 bits per heavy atom. The minimum atomic E-state index is -0.543. The lowest BCUT2D eigenvalue weighted by Gasteiger charge is -2.25. The van der Waals surface area contributed by atoms with Gasteiger partial charge in [-0.15, -0.1) is 0 Å². The van der Waals surface area contributed by atoms with Crippen LogP contribution in [0.15, 0.2) is 128 Å². The summed E-state index contributed by atoms with van der Waals surface area (Å²) < 4.78 is 13.3. The fraction of sp³-hybridized carbons (Fsp3) is 0.747. The summed E-state index contributed by atoms with van der Waals surface area (Å²) in [4.78, 5) is 14.6. The summed E-state index contributed by atoms with van der Waals surface area (Å²) in [6, 6.07) is 10.3. The van der Waals surface area contributed by atoms with Gasteiger partial charge < -0.3 is 29.5 Å². The lowest BCUT2D eigenvalue weighted by molar-refractivity contribution is -0.168. The molecule has 7 nitrogen and oxygen atoms in total. The lowest BCUT2D eigenvalue weighted by Crippen LogP contribution is -2.31. The first-order chi connectivity index (χ1) is 47.7. The van der Waals surface area contributed by atoms with Crippen molar-refractivity contribution < 1.29 is 24.5 Å². The molecule has 1 heterocycles. The topological polar surface area (TPSA) is 82.5 Å². The quantitative estimate of drug-likeness (QED) is 0.0497. The zero-order chi connectivity index (χ0) is 72.2. The van der Waals surface area contributed by atoms with Crippen LogP contribution < -0.4 is 0 Å². The number of benzene rings is 1. The van der Waals surface area contributed by atoms with E-state index in [-0.39, 0.29) is 18.0 Å². The summed E-state index contributed by atoms with van der Waals surface area (Å²) in [6.45, 7) is 16.8. The van der Waals surface area contributed by atoms with E-state index in [9.17, 15) is 15.0 Å². The summed E-state index contributed by atoms with van der Waals surface area (Å²) >= 11 is 0. The van der Waals surface area contributed by atoms with E-state index in [2.05, 4.69) is 170 Å². The van der Waals surface area contributed by atoms with Gasteiger partial charge in [0.15, 0.2) is 5.79 Å². The maximum absolute atomic E-state index is 10.3. The van der Waals surface area contributed by atoms with Crippen molar-refractivity contribution in [3.63, 3.8) is 0 Å². The Morgan fingerprint density at radius 3 is 0.908 bits per heavy atom. The average Bonchev–Trinajstić information content (AvgIpc) is 1.68. The minimum absolute atomic E-state index is 0.263. The van der Waals surface area contributed by atoms with Gasteiger partial charge in [-0.25, -0.2) is 0 Å². The van der Waals surface area contributed by atoms with Crippen molar-refractivity contribution >= 4 is 5.78 Å². The van der Waals surface area contributed by atoms with Crippen LogP contribution in [0, 0.1) is 6.92 Å². The van der Waals surface area contributed by atoms with Crippen molar-refractivity contribution in [3.05, 3.63) is 133 Å². The highest BCUT2D eigenvalue weighted by Gasteiger charge is 2.43. The van der Waals surface area contributed by atoms with Crippen LogP contribution in [0.4, 0.5) is 0 Å². The SMILES string of the molecule is CC(=O)CCN(C)C.CCCCC/C=C\C/C=C\CCCCCCCC(O)C(O)CCCCCCC/C=C\C/C=C\CCCCC.CCCCC/C=C\C/C=C\CCCCCCCC1OC(C)(CCN(C)C)OC1CCCCCCC/C=C\C/C=C\CCCCC.Cc1ccccc1. The Balaban J connectivity index is 0. The van der Waals surface area contributed by atoms with Gasteiger partial charge in [-0.3, -0.25) is 4.79 Å². The maximum Gasteiger partial charge on any atom is 0.167 e. The molecule has 2 N–H and O–H groups in total. The molecule has 7 heteroatoms. The molecule has 0 aromatic heterocycles. The molecule has 2 rings (SSSR count). The van der Waals surface area contributed by atoms with Gasteiger partial charge in [0.2, 0.25) is 0 Å². The first-order valence-corrected chi connectivity index (χ1v) is 41.5. The van der Waals surface area contributed by atoms with E-state index in [0.29, 0.717) is 6.42 Å². The van der Waals surface area contributed by atoms with Crippen molar-refractivity contribution in [2.75, 3.05) is 41.3 Å². The van der Waals surface area contributed by atoms with E-state index in [1.54, 1.807) is 6.92 Å².